The Morgan fingerprint density at radius 1 is 1.27 bits per heavy atom. The number of pyridine rings is 1. The molecule has 1 N–H and O–H groups in total. The first-order valence-corrected chi connectivity index (χ1v) is 10.3. The predicted octanol–water partition coefficient (Wildman–Crippen LogP) is 2.05. The summed E-state index contributed by atoms with van der Waals surface area (Å²) in [7, 11) is 0. The van der Waals surface area contributed by atoms with Gasteiger partial charge in [0.05, 0.1) is 23.6 Å². The Morgan fingerprint density at radius 2 is 2.03 bits per heavy atom. The van der Waals surface area contributed by atoms with Crippen LogP contribution in [-0.4, -0.2) is 66.2 Å². The minimum absolute atomic E-state index is 0.0400. The Balaban J connectivity index is 1.61. The van der Waals surface area contributed by atoms with Crippen molar-refractivity contribution in [3.63, 3.8) is 0 Å². The van der Waals surface area contributed by atoms with Gasteiger partial charge in [0.25, 0.3) is 0 Å². The number of ether oxygens (including phenoxy) is 2. The van der Waals surface area contributed by atoms with Gasteiger partial charge in [-0.2, -0.15) is 0 Å². The monoisotopic (exact) mass is 417 g/mol. The summed E-state index contributed by atoms with van der Waals surface area (Å²) in [5, 5.41) is 9.45. The van der Waals surface area contributed by atoms with Gasteiger partial charge in [0, 0.05) is 38.5 Å². The molecule has 8 nitrogen and oxygen atoms in total. The molecule has 0 unspecified atom stereocenters. The van der Waals surface area contributed by atoms with Crippen molar-refractivity contribution < 1.29 is 23.8 Å². The van der Waals surface area contributed by atoms with Gasteiger partial charge in [-0.1, -0.05) is 0 Å². The molecule has 2 saturated heterocycles. The Kier molecular flexibility index (Phi) is 4.67. The number of halogens is 1. The van der Waals surface area contributed by atoms with Gasteiger partial charge >= 0.3 is 5.97 Å². The number of aromatic carboxylic acids is 1. The average molecular weight is 417 g/mol. The highest BCUT2D eigenvalue weighted by Crippen LogP contribution is 2.42. The molecule has 30 heavy (non-hydrogen) atoms. The maximum absolute atomic E-state index is 15.3. The van der Waals surface area contributed by atoms with Gasteiger partial charge in [-0.15, -0.1) is 0 Å². The molecular weight excluding hydrogens is 393 g/mol. The second-order valence-corrected chi connectivity index (χ2v) is 8.24. The van der Waals surface area contributed by atoms with Crippen molar-refractivity contribution in [1.29, 1.82) is 0 Å². The summed E-state index contributed by atoms with van der Waals surface area (Å²) in [6.07, 6.45) is 3.28. The summed E-state index contributed by atoms with van der Waals surface area (Å²) in [6, 6.07) is 1.41. The molecule has 0 bridgehead atoms. The van der Waals surface area contributed by atoms with Gasteiger partial charge in [-0.05, 0) is 25.8 Å². The molecule has 0 radical (unpaired) electrons. The summed E-state index contributed by atoms with van der Waals surface area (Å²) < 4.78 is 28.4. The molecule has 2 fully saturated rings. The number of anilines is 1. The van der Waals surface area contributed by atoms with E-state index in [1.165, 1.54) is 6.20 Å². The van der Waals surface area contributed by atoms with Crippen LogP contribution in [-0.2, 0) is 4.74 Å². The van der Waals surface area contributed by atoms with Crippen LogP contribution in [0.4, 0.5) is 10.1 Å². The molecule has 5 rings (SSSR count). The van der Waals surface area contributed by atoms with E-state index in [1.54, 1.807) is 4.57 Å². The number of hydrogen-bond acceptors (Lipinski definition) is 6. The van der Waals surface area contributed by atoms with Crippen molar-refractivity contribution >= 4 is 22.6 Å². The first-order valence-electron chi connectivity index (χ1n) is 10.3. The third-order valence-electron chi connectivity index (χ3n) is 6.41. The lowest BCUT2D eigenvalue weighted by molar-refractivity contribution is 0.0427. The Morgan fingerprint density at radius 3 is 2.77 bits per heavy atom. The van der Waals surface area contributed by atoms with Gasteiger partial charge in [0.1, 0.15) is 17.9 Å². The zero-order chi connectivity index (χ0) is 21.0. The minimum atomic E-state index is -1.32. The van der Waals surface area contributed by atoms with Crippen LogP contribution in [0.25, 0.3) is 10.9 Å². The molecule has 0 aliphatic carbocycles. The van der Waals surface area contributed by atoms with Crippen molar-refractivity contribution in [3.05, 3.63) is 33.9 Å². The molecule has 3 aliphatic rings. The number of benzene rings is 1. The van der Waals surface area contributed by atoms with Crippen LogP contribution >= 0.6 is 0 Å². The van der Waals surface area contributed by atoms with E-state index in [1.807, 2.05) is 11.8 Å². The summed E-state index contributed by atoms with van der Waals surface area (Å²) in [4.78, 5) is 28.5. The minimum Gasteiger partial charge on any atom is -0.487 e. The molecule has 0 spiro atoms. The number of nitrogens with zero attached hydrogens (tertiary/aromatic N) is 3. The molecule has 2 aromatic rings. The lowest BCUT2D eigenvalue weighted by Crippen LogP contribution is -2.39. The first kappa shape index (κ1) is 19.3. The van der Waals surface area contributed by atoms with Crippen LogP contribution in [0, 0.1) is 5.82 Å². The largest absolute Gasteiger partial charge is 0.487 e. The van der Waals surface area contributed by atoms with Gasteiger partial charge in [0.15, 0.2) is 11.6 Å². The van der Waals surface area contributed by atoms with Crippen LogP contribution in [0.2, 0.25) is 0 Å². The maximum atomic E-state index is 15.3. The summed E-state index contributed by atoms with van der Waals surface area (Å²) >= 11 is 0. The average Bonchev–Trinajstić information content (AvgIpc) is 3.22. The van der Waals surface area contributed by atoms with Gasteiger partial charge < -0.3 is 24.0 Å². The zero-order valence-corrected chi connectivity index (χ0v) is 16.8. The van der Waals surface area contributed by atoms with Gasteiger partial charge in [-0.25, -0.2) is 9.18 Å². The fraction of sp³-hybridized carbons (Fsp3) is 0.524. The number of aromatic nitrogens is 1. The van der Waals surface area contributed by atoms with E-state index in [9.17, 15) is 14.7 Å². The van der Waals surface area contributed by atoms with Crippen molar-refractivity contribution in [2.75, 3.05) is 44.5 Å². The second kappa shape index (κ2) is 7.24. The first-order chi connectivity index (χ1) is 14.5. The number of hydrogen-bond donors (Lipinski definition) is 1. The van der Waals surface area contributed by atoms with E-state index in [2.05, 4.69) is 4.90 Å². The quantitative estimate of drug-likeness (QED) is 0.818. The molecular formula is C21H24FN3O5. The number of carbonyl (C=O) groups is 1. The third kappa shape index (κ3) is 2.95. The summed E-state index contributed by atoms with van der Waals surface area (Å²) in [5.41, 5.74) is -0.241. The third-order valence-corrected chi connectivity index (χ3v) is 6.41. The Bertz CT molecular complexity index is 1080. The number of carboxylic acids is 1. The normalized spacial score (nSPS) is 22.5. The lowest BCUT2D eigenvalue weighted by atomic mass is 10.1. The highest BCUT2D eigenvalue weighted by molar-refractivity contribution is 5.97. The van der Waals surface area contributed by atoms with E-state index in [4.69, 9.17) is 9.47 Å². The predicted molar refractivity (Wildman–Crippen MR) is 108 cm³/mol. The molecule has 1 aromatic carbocycles. The van der Waals surface area contributed by atoms with Crippen LogP contribution in [0.1, 0.15) is 36.2 Å². The van der Waals surface area contributed by atoms with Crippen LogP contribution in [0.3, 0.4) is 0 Å². The summed E-state index contributed by atoms with van der Waals surface area (Å²) in [6.45, 7) is 5.70. The highest BCUT2D eigenvalue weighted by atomic mass is 19.1. The topological polar surface area (TPSA) is 84.2 Å². The van der Waals surface area contributed by atoms with E-state index in [0.717, 1.165) is 38.7 Å². The fourth-order valence-electron chi connectivity index (χ4n) is 4.80. The van der Waals surface area contributed by atoms with E-state index < -0.39 is 17.2 Å². The van der Waals surface area contributed by atoms with Crippen molar-refractivity contribution in [3.8, 4) is 5.75 Å². The molecule has 0 saturated carbocycles. The van der Waals surface area contributed by atoms with Gasteiger partial charge in [-0.3, -0.25) is 9.69 Å². The smallest absolute Gasteiger partial charge is 0.341 e. The zero-order valence-electron chi connectivity index (χ0n) is 16.8. The van der Waals surface area contributed by atoms with Crippen LogP contribution in [0.5, 0.6) is 5.75 Å². The lowest BCUT2D eigenvalue weighted by Gasteiger charge is -2.33. The van der Waals surface area contributed by atoms with E-state index in [0.29, 0.717) is 36.2 Å². The van der Waals surface area contributed by atoms with E-state index in [-0.39, 0.29) is 23.6 Å². The number of carboxylic acid groups (broad SMARTS) is 1. The summed E-state index contributed by atoms with van der Waals surface area (Å²) in [5.74, 6) is -1.56. The standard InChI is InChI=1S/C21H24FN3O5/c1-12-10-30-20-17-14(19(26)15(21(27)28)9-25(12)17)8-16(22)18(20)24-5-4-23(11-24)13-2-6-29-7-3-13/h8-9,12-13H,2-7,10-11H2,1H3,(H,27,28)/t12-/m0/s1. The molecule has 1 aromatic heterocycles. The van der Waals surface area contributed by atoms with Crippen molar-refractivity contribution in [2.24, 2.45) is 0 Å². The number of rotatable bonds is 3. The molecule has 9 heteroatoms. The molecule has 160 valence electrons. The fourth-order valence-corrected chi connectivity index (χ4v) is 4.80. The van der Waals surface area contributed by atoms with Crippen LogP contribution in [0.15, 0.2) is 17.1 Å². The molecule has 0 amide bonds. The van der Waals surface area contributed by atoms with Crippen LogP contribution < -0.4 is 15.1 Å². The van der Waals surface area contributed by atoms with Gasteiger partial charge in [0.2, 0.25) is 5.43 Å². The molecule has 1 atom stereocenters. The van der Waals surface area contributed by atoms with Crippen molar-refractivity contribution in [2.45, 2.75) is 31.8 Å². The maximum Gasteiger partial charge on any atom is 0.341 e. The van der Waals surface area contributed by atoms with E-state index >= 15 is 4.39 Å². The molecule has 3 aliphatic heterocycles. The highest BCUT2D eigenvalue weighted by Gasteiger charge is 2.34. The SMILES string of the molecule is C[C@H]1COc2c(N3CCN(C4CCOCC4)C3)c(F)cc3c(=O)c(C(=O)O)cn1c23. The molecule has 4 heterocycles. The van der Waals surface area contributed by atoms with Crippen molar-refractivity contribution in [1.82, 2.24) is 9.47 Å². The Labute approximate surface area is 172 Å². The Hall–Kier alpha value is -2.65. The second-order valence-electron chi connectivity index (χ2n) is 8.24.